The maximum absolute atomic E-state index is 11.6. The van der Waals surface area contributed by atoms with Crippen molar-refractivity contribution < 1.29 is 18.5 Å². The molecule has 6 rings (SSSR count). The van der Waals surface area contributed by atoms with E-state index in [1.165, 1.54) is 11.1 Å². The van der Waals surface area contributed by atoms with E-state index in [9.17, 15) is 4.21 Å². The second-order valence-electron chi connectivity index (χ2n) is 9.12. The fourth-order valence-corrected chi connectivity index (χ4v) is 5.88. The monoisotopic (exact) mass is 565 g/mol. The summed E-state index contributed by atoms with van der Waals surface area (Å²) in [6.45, 7) is 2.89. The van der Waals surface area contributed by atoms with Gasteiger partial charge in [-0.05, 0) is 34.4 Å². The molecule has 202 valence electrons. The Balaban J connectivity index is 0.000000983. The lowest BCUT2D eigenvalue weighted by molar-refractivity contribution is -0.106. The van der Waals surface area contributed by atoms with Crippen molar-refractivity contribution in [2.75, 3.05) is 31.4 Å². The first-order valence-electron chi connectivity index (χ1n) is 12.4. The predicted octanol–water partition coefficient (Wildman–Crippen LogP) is 3.78. The first-order valence-corrected chi connectivity index (χ1v) is 14.3. The molecule has 3 heterocycles. The van der Waals surface area contributed by atoms with Crippen LogP contribution in [-0.2, 0) is 28.6 Å². The zero-order chi connectivity index (χ0) is 27.2. The lowest BCUT2D eigenvalue weighted by Crippen LogP contribution is -2.37. The van der Waals surface area contributed by atoms with Crippen LogP contribution in [0.2, 0.25) is 5.02 Å². The van der Waals surface area contributed by atoms with Crippen LogP contribution >= 0.6 is 11.6 Å². The highest BCUT2D eigenvalue weighted by Crippen LogP contribution is 2.37. The van der Waals surface area contributed by atoms with Gasteiger partial charge in [0, 0.05) is 65.0 Å². The minimum Gasteiger partial charge on any atom is -0.454 e. The molecule has 11 heteroatoms. The molecule has 1 aromatic heterocycles. The quantitative estimate of drug-likeness (QED) is 0.341. The van der Waals surface area contributed by atoms with E-state index >= 15 is 0 Å². The molecule has 0 unspecified atom stereocenters. The molecule has 0 spiro atoms. The summed E-state index contributed by atoms with van der Waals surface area (Å²) in [5.41, 5.74) is 9.59. The summed E-state index contributed by atoms with van der Waals surface area (Å²) in [4.78, 5) is 15.6. The Hall–Kier alpha value is -3.73. The number of nitrogens with two attached hydrogens (primary N) is 1. The zero-order valence-electron chi connectivity index (χ0n) is 21.1. The Morgan fingerprint density at radius 1 is 1.00 bits per heavy atom. The number of carbonyl (C=O) groups excluding carboxylic acids is 1. The van der Waals surface area contributed by atoms with Crippen LogP contribution in [0.1, 0.15) is 17.0 Å². The highest BCUT2D eigenvalue weighted by atomic mass is 35.5. The summed E-state index contributed by atoms with van der Waals surface area (Å²) in [5.74, 6) is 4.27. The second kappa shape index (κ2) is 12.4. The van der Waals surface area contributed by atoms with Crippen LogP contribution in [-0.4, -0.2) is 62.1 Å². The number of hydrogen-bond donors (Lipinski definition) is 2. The minimum absolute atomic E-state index is 0.212. The number of rotatable bonds is 6. The van der Waals surface area contributed by atoms with Gasteiger partial charge in [0.2, 0.25) is 13.2 Å². The molecule has 0 saturated carbocycles. The van der Waals surface area contributed by atoms with Gasteiger partial charge in [-0.15, -0.1) is 0 Å². The first kappa shape index (κ1) is 26.9. The number of benzene rings is 3. The van der Waals surface area contributed by atoms with Crippen molar-refractivity contribution in [3.8, 4) is 34.0 Å². The molecular weight excluding hydrogens is 538 g/mol. The van der Waals surface area contributed by atoms with Crippen LogP contribution in [0.5, 0.6) is 11.5 Å². The first-order chi connectivity index (χ1) is 19.0. The Morgan fingerprint density at radius 3 is 2.44 bits per heavy atom. The van der Waals surface area contributed by atoms with Crippen molar-refractivity contribution in [1.29, 1.82) is 0 Å². The van der Waals surface area contributed by atoms with E-state index in [-0.39, 0.29) is 13.2 Å². The van der Waals surface area contributed by atoms with Gasteiger partial charge < -0.3 is 15.2 Å². The van der Waals surface area contributed by atoms with Crippen LogP contribution in [0.15, 0.2) is 60.7 Å². The molecule has 0 radical (unpaired) electrons. The number of H-pyrrole nitrogens is 1. The van der Waals surface area contributed by atoms with Crippen LogP contribution < -0.4 is 15.2 Å². The molecule has 3 aromatic carbocycles. The van der Waals surface area contributed by atoms with E-state index in [1.807, 2.05) is 18.2 Å². The number of ether oxygens (including phenoxy) is 2. The molecule has 39 heavy (non-hydrogen) atoms. The van der Waals surface area contributed by atoms with Crippen molar-refractivity contribution in [2.45, 2.75) is 13.0 Å². The van der Waals surface area contributed by atoms with Gasteiger partial charge in [0.25, 0.3) is 0 Å². The molecule has 1 fully saturated rings. The largest absolute Gasteiger partial charge is 0.454 e. The second-order valence-corrected chi connectivity index (χ2v) is 11.2. The van der Waals surface area contributed by atoms with Gasteiger partial charge in [-0.2, -0.15) is 5.10 Å². The normalized spacial score (nSPS) is 15.0. The Labute approximate surface area is 233 Å². The molecule has 0 atom stereocenters. The molecule has 2 aliphatic heterocycles. The number of nitrogens with zero attached hydrogens (tertiary/aromatic N) is 3. The molecule has 1 amide bonds. The van der Waals surface area contributed by atoms with Crippen LogP contribution in [0.25, 0.3) is 22.5 Å². The van der Waals surface area contributed by atoms with Gasteiger partial charge in [0.05, 0.1) is 0 Å². The standard InChI is InChI=1S/C27H25ClN4O3S.CH3NO/c28-23-15-25-24(34-17-35-25)13-22(23)14-26-29-27(31-30-26)20-6-4-19(5-7-20)21-3-1-2-18(12-21)16-32-8-10-36(33)11-9-32;2-1-3/h1-7,12-13,15H,8-11,14,16-17H2,(H,29,30,31);1H,(H2,2,3). The number of hydrogen-bond acceptors (Lipinski definition) is 7. The average Bonchev–Trinajstić information content (AvgIpc) is 3.60. The van der Waals surface area contributed by atoms with E-state index < -0.39 is 10.8 Å². The summed E-state index contributed by atoms with van der Waals surface area (Å²) >= 11 is 6.42. The zero-order valence-corrected chi connectivity index (χ0v) is 22.7. The number of aromatic amines is 1. The Morgan fingerprint density at radius 2 is 1.69 bits per heavy atom. The third-order valence-corrected chi connectivity index (χ3v) is 8.14. The van der Waals surface area contributed by atoms with Crippen LogP contribution in [0.3, 0.4) is 0 Å². The average molecular weight is 566 g/mol. The third-order valence-electron chi connectivity index (χ3n) is 6.51. The number of amides is 1. The van der Waals surface area contributed by atoms with Gasteiger partial charge in [-0.25, -0.2) is 4.98 Å². The third kappa shape index (κ3) is 6.65. The van der Waals surface area contributed by atoms with Crippen molar-refractivity contribution in [1.82, 2.24) is 20.1 Å². The van der Waals surface area contributed by atoms with Crippen molar-refractivity contribution in [2.24, 2.45) is 5.73 Å². The molecular formula is C28H28ClN5O4S. The van der Waals surface area contributed by atoms with Crippen LogP contribution in [0, 0.1) is 0 Å². The summed E-state index contributed by atoms with van der Waals surface area (Å²) < 4.78 is 22.5. The molecule has 0 aliphatic carbocycles. The summed E-state index contributed by atoms with van der Waals surface area (Å²) in [6.07, 6.45) is 0.764. The highest BCUT2D eigenvalue weighted by Gasteiger charge is 2.18. The Bertz CT molecular complexity index is 1470. The summed E-state index contributed by atoms with van der Waals surface area (Å²) in [5, 5.41) is 8.05. The number of carbonyl (C=O) groups is 1. The van der Waals surface area contributed by atoms with Crippen molar-refractivity contribution in [3.63, 3.8) is 0 Å². The highest BCUT2D eigenvalue weighted by molar-refractivity contribution is 7.85. The smallest absolute Gasteiger partial charge is 0.231 e. The molecule has 9 nitrogen and oxygen atoms in total. The molecule has 2 aliphatic rings. The molecule has 1 saturated heterocycles. The number of primary amides is 1. The van der Waals surface area contributed by atoms with Gasteiger partial charge in [0.1, 0.15) is 5.82 Å². The number of aromatic nitrogens is 3. The Kier molecular flexibility index (Phi) is 8.55. The van der Waals surface area contributed by atoms with Gasteiger partial charge >= 0.3 is 0 Å². The summed E-state index contributed by atoms with van der Waals surface area (Å²) in [6, 6.07) is 20.6. The lowest BCUT2D eigenvalue weighted by atomic mass is 10.0. The van der Waals surface area contributed by atoms with Gasteiger partial charge in [-0.3, -0.25) is 19.0 Å². The van der Waals surface area contributed by atoms with E-state index in [2.05, 4.69) is 62.2 Å². The van der Waals surface area contributed by atoms with Gasteiger partial charge in [0.15, 0.2) is 17.3 Å². The van der Waals surface area contributed by atoms with Crippen molar-refractivity contribution >= 4 is 28.8 Å². The number of halogens is 1. The maximum Gasteiger partial charge on any atom is 0.231 e. The topological polar surface area (TPSA) is 123 Å². The molecule has 4 aromatic rings. The number of fused-ring (bicyclic) bond motifs is 1. The molecule has 3 N–H and O–H groups in total. The van der Waals surface area contributed by atoms with Crippen LogP contribution in [0.4, 0.5) is 0 Å². The summed E-state index contributed by atoms with van der Waals surface area (Å²) in [7, 11) is -0.651. The van der Waals surface area contributed by atoms with Gasteiger partial charge in [-0.1, -0.05) is 54.1 Å². The SMILES string of the molecule is NC=O.O=S1CCN(Cc2cccc(-c3ccc(-c4n[nH]c(Cc5cc6c(cc5Cl)OCO6)n4)cc3)c2)CC1. The predicted molar refractivity (Wildman–Crippen MR) is 151 cm³/mol. The van der Waals surface area contributed by atoms with Crippen molar-refractivity contribution in [3.05, 3.63) is 82.6 Å². The van der Waals surface area contributed by atoms with E-state index in [4.69, 9.17) is 25.9 Å². The maximum atomic E-state index is 11.6. The van der Waals surface area contributed by atoms with E-state index in [0.29, 0.717) is 28.8 Å². The lowest BCUT2D eigenvalue weighted by Gasteiger charge is -2.26. The van der Waals surface area contributed by atoms with E-state index in [0.717, 1.165) is 53.7 Å². The minimum atomic E-state index is -0.651. The fraction of sp³-hybridized carbons (Fsp3) is 0.250. The number of nitrogens with one attached hydrogen (secondary N) is 1. The molecule has 0 bridgehead atoms. The fourth-order valence-electron chi connectivity index (χ4n) is 4.53. The van der Waals surface area contributed by atoms with E-state index in [1.54, 1.807) is 6.07 Å².